The third-order valence-electron chi connectivity index (χ3n) is 2.31. The van der Waals surface area contributed by atoms with Gasteiger partial charge in [0.2, 0.25) is 0 Å². The Bertz CT molecular complexity index is 416. The fourth-order valence-electron chi connectivity index (χ4n) is 1.31. The van der Waals surface area contributed by atoms with Gasteiger partial charge in [-0.3, -0.25) is 4.79 Å². The Kier molecular flexibility index (Phi) is 3.98. The molecule has 0 saturated carbocycles. The van der Waals surface area contributed by atoms with Crippen LogP contribution < -0.4 is 11.1 Å². The largest absolute Gasteiger partial charge is 0.398 e. The highest BCUT2D eigenvalue weighted by Gasteiger charge is 2.26. The third-order valence-corrected chi connectivity index (χ3v) is 2.31. The monoisotopic (exact) mass is 246 g/mol. The number of rotatable bonds is 3. The summed E-state index contributed by atoms with van der Waals surface area (Å²) in [4.78, 5) is 11.6. The minimum atomic E-state index is -4.27. The SMILES string of the molecule is Cc1c(N)cccc1C(=O)NCCC(F)(F)F. The van der Waals surface area contributed by atoms with Gasteiger partial charge in [-0.05, 0) is 24.6 Å². The number of hydrogen-bond acceptors (Lipinski definition) is 2. The van der Waals surface area contributed by atoms with Gasteiger partial charge >= 0.3 is 6.18 Å². The van der Waals surface area contributed by atoms with Crippen LogP contribution in [0.3, 0.4) is 0 Å². The zero-order valence-corrected chi connectivity index (χ0v) is 9.27. The van der Waals surface area contributed by atoms with Gasteiger partial charge in [-0.15, -0.1) is 0 Å². The van der Waals surface area contributed by atoms with Crippen LogP contribution in [0.5, 0.6) is 0 Å². The standard InChI is InChI=1S/C11H13F3N2O/c1-7-8(3-2-4-9(7)15)10(17)16-6-5-11(12,13)14/h2-4H,5-6,15H2,1H3,(H,16,17). The second-order valence-corrected chi connectivity index (χ2v) is 3.64. The molecule has 0 aromatic heterocycles. The van der Waals surface area contributed by atoms with Crippen molar-refractivity contribution in [3.8, 4) is 0 Å². The number of anilines is 1. The zero-order chi connectivity index (χ0) is 13.1. The number of nitrogens with two attached hydrogens (primary N) is 1. The molecule has 0 fully saturated rings. The molecule has 0 atom stereocenters. The first-order valence-electron chi connectivity index (χ1n) is 5.01. The first-order chi connectivity index (χ1) is 7.81. The fraction of sp³-hybridized carbons (Fsp3) is 0.364. The van der Waals surface area contributed by atoms with Crippen molar-refractivity contribution in [2.45, 2.75) is 19.5 Å². The number of hydrogen-bond donors (Lipinski definition) is 2. The lowest BCUT2D eigenvalue weighted by Crippen LogP contribution is -2.28. The average Bonchev–Trinajstić information content (AvgIpc) is 2.20. The van der Waals surface area contributed by atoms with E-state index in [2.05, 4.69) is 5.32 Å². The molecule has 0 heterocycles. The maximum atomic E-state index is 11.9. The Balaban J connectivity index is 2.62. The summed E-state index contributed by atoms with van der Waals surface area (Å²) in [5, 5.41) is 2.21. The predicted octanol–water partition coefficient (Wildman–Crippen LogP) is 2.26. The highest BCUT2D eigenvalue weighted by Crippen LogP contribution is 2.19. The molecule has 0 aliphatic heterocycles. The van der Waals surface area contributed by atoms with Gasteiger partial charge in [0.1, 0.15) is 0 Å². The molecule has 0 spiro atoms. The van der Waals surface area contributed by atoms with E-state index in [0.29, 0.717) is 16.8 Å². The molecule has 0 aliphatic carbocycles. The van der Waals surface area contributed by atoms with E-state index >= 15 is 0 Å². The average molecular weight is 246 g/mol. The molecular weight excluding hydrogens is 233 g/mol. The topological polar surface area (TPSA) is 55.1 Å². The molecule has 0 unspecified atom stereocenters. The number of benzene rings is 1. The quantitative estimate of drug-likeness (QED) is 0.804. The molecule has 0 saturated heterocycles. The van der Waals surface area contributed by atoms with E-state index in [1.165, 1.54) is 6.07 Å². The van der Waals surface area contributed by atoms with Crippen molar-refractivity contribution in [2.75, 3.05) is 12.3 Å². The third kappa shape index (κ3) is 3.97. The molecule has 1 amide bonds. The smallest absolute Gasteiger partial charge is 0.390 e. The predicted molar refractivity (Wildman–Crippen MR) is 58.6 cm³/mol. The molecule has 1 aromatic carbocycles. The van der Waals surface area contributed by atoms with Gasteiger partial charge in [0.25, 0.3) is 5.91 Å². The summed E-state index contributed by atoms with van der Waals surface area (Å²) in [6, 6.07) is 4.73. The summed E-state index contributed by atoms with van der Waals surface area (Å²) in [6.45, 7) is 1.21. The molecule has 3 nitrogen and oxygen atoms in total. The minimum Gasteiger partial charge on any atom is -0.398 e. The van der Waals surface area contributed by atoms with Crippen LogP contribution in [0, 0.1) is 6.92 Å². The van der Waals surface area contributed by atoms with Crippen LogP contribution in [0.15, 0.2) is 18.2 Å². The summed E-state index contributed by atoms with van der Waals surface area (Å²) in [5.74, 6) is -0.543. The van der Waals surface area contributed by atoms with Crippen LogP contribution in [0.1, 0.15) is 22.3 Å². The summed E-state index contributed by atoms with van der Waals surface area (Å²) < 4.78 is 35.6. The molecule has 3 N–H and O–H groups in total. The summed E-state index contributed by atoms with van der Waals surface area (Å²) in [7, 11) is 0. The van der Waals surface area contributed by atoms with Crippen molar-refractivity contribution in [3.63, 3.8) is 0 Å². The van der Waals surface area contributed by atoms with Crippen LogP contribution >= 0.6 is 0 Å². The van der Waals surface area contributed by atoms with Gasteiger partial charge in [0, 0.05) is 17.8 Å². The Labute approximate surface area is 96.8 Å². The minimum absolute atomic E-state index is 0.298. The summed E-state index contributed by atoms with van der Waals surface area (Å²) >= 11 is 0. The van der Waals surface area contributed by atoms with Crippen molar-refractivity contribution >= 4 is 11.6 Å². The summed E-state index contributed by atoms with van der Waals surface area (Å²) in [5.41, 5.74) is 6.90. The second-order valence-electron chi connectivity index (χ2n) is 3.64. The molecule has 0 bridgehead atoms. The van der Waals surface area contributed by atoms with E-state index < -0.39 is 25.0 Å². The highest BCUT2D eigenvalue weighted by molar-refractivity contribution is 5.96. The van der Waals surface area contributed by atoms with Crippen LogP contribution in [0.2, 0.25) is 0 Å². The number of nitrogens with one attached hydrogen (secondary N) is 1. The van der Waals surface area contributed by atoms with Crippen molar-refractivity contribution in [2.24, 2.45) is 0 Å². The van der Waals surface area contributed by atoms with E-state index in [-0.39, 0.29) is 0 Å². The van der Waals surface area contributed by atoms with Crippen LogP contribution in [-0.2, 0) is 0 Å². The highest BCUT2D eigenvalue weighted by atomic mass is 19.4. The van der Waals surface area contributed by atoms with Crippen LogP contribution in [-0.4, -0.2) is 18.6 Å². The first kappa shape index (κ1) is 13.3. The molecule has 1 rings (SSSR count). The van der Waals surface area contributed by atoms with Gasteiger partial charge in [-0.25, -0.2) is 0 Å². The zero-order valence-electron chi connectivity index (χ0n) is 9.27. The number of halogens is 3. The second kappa shape index (κ2) is 5.07. The van der Waals surface area contributed by atoms with Gasteiger partial charge in [0.15, 0.2) is 0 Å². The van der Waals surface area contributed by atoms with Gasteiger partial charge in [-0.2, -0.15) is 13.2 Å². The van der Waals surface area contributed by atoms with Gasteiger partial charge in [-0.1, -0.05) is 6.07 Å². The fourth-order valence-corrected chi connectivity index (χ4v) is 1.31. The number of alkyl halides is 3. The molecule has 6 heteroatoms. The molecule has 1 aromatic rings. The van der Waals surface area contributed by atoms with E-state index in [1.807, 2.05) is 0 Å². The van der Waals surface area contributed by atoms with E-state index in [4.69, 9.17) is 5.73 Å². The Morgan fingerprint density at radius 3 is 2.65 bits per heavy atom. The molecule has 0 radical (unpaired) electrons. The van der Waals surface area contributed by atoms with Crippen molar-refractivity contribution in [1.29, 1.82) is 0 Å². The molecule has 0 aliphatic rings. The number of carbonyl (C=O) groups is 1. The van der Waals surface area contributed by atoms with E-state index in [0.717, 1.165) is 0 Å². The van der Waals surface area contributed by atoms with Gasteiger partial charge in [0.05, 0.1) is 6.42 Å². The Hall–Kier alpha value is -1.72. The first-order valence-corrected chi connectivity index (χ1v) is 5.01. The molecule has 94 valence electrons. The lowest BCUT2D eigenvalue weighted by molar-refractivity contribution is -0.132. The lowest BCUT2D eigenvalue weighted by atomic mass is 10.1. The van der Waals surface area contributed by atoms with E-state index in [1.54, 1.807) is 19.1 Å². The van der Waals surface area contributed by atoms with Crippen molar-refractivity contribution in [1.82, 2.24) is 5.32 Å². The maximum absolute atomic E-state index is 11.9. The number of amides is 1. The Morgan fingerprint density at radius 1 is 1.41 bits per heavy atom. The summed E-state index contributed by atoms with van der Waals surface area (Å²) in [6.07, 6.45) is -5.31. The van der Waals surface area contributed by atoms with Gasteiger partial charge < -0.3 is 11.1 Å². The normalized spacial score (nSPS) is 11.3. The van der Waals surface area contributed by atoms with Crippen molar-refractivity contribution in [3.05, 3.63) is 29.3 Å². The molecule has 17 heavy (non-hydrogen) atoms. The van der Waals surface area contributed by atoms with Crippen LogP contribution in [0.4, 0.5) is 18.9 Å². The molecular formula is C11H13F3N2O. The van der Waals surface area contributed by atoms with Crippen molar-refractivity contribution < 1.29 is 18.0 Å². The maximum Gasteiger partial charge on any atom is 0.390 e. The van der Waals surface area contributed by atoms with Crippen LogP contribution in [0.25, 0.3) is 0 Å². The number of nitrogen functional groups attached to an aromatic ring is 1. The lowest BCUT2D eigenvalue weighted by Gasteiger charge is -2.10. The Morgan fingerprint density at radius 2 is 2.06 bits per heavy atom. The number of carbonyl (C=O) groups excluding carboxylic acids is 1. The van der Waals surface area contributed by atoms with E-state index in [9.17, 15) is 18.0 Å².